The number of hydrogen-bond acceptors (Lipinski definition) is 3. The Kier molecular flexibility index (Phi) is 9.41. The van der Waals surface area contributed by atoms with Gasteiger partial charge in [0.1, 0.15) is 6.61 Å². The highest BCUT2D eigenvalue weighted by molar-refractivity contribution is 7.83. The maximum Gasteiger partial charge on any atom is 0.410 e. The molecule has 0 aliphatic heterocycles. The number of nitrogens with zero attached hydrogens (tertiary/aromatic N) is 1. The molecule has 1 N–H and O–H groups in total. The molecule has 0 spiro atoms. The SMILES string of the molecule is C=C(C(C)C)C(C)S(=O)N[C@H]1CC(F)(F)CC1N(C(=O)OCc1ccccc1)[C@H](C)c1ccccc1. The first-order chi connectivity index (χ1) is 17.0. The zero-order chi connectivity index (χ0) is 26.5. The van der Waals surface area contributed by atoms with Crippen LogP contribution in [0.4, 0.5) is 13.6 Å². The molecule has 2 aromatic rings. The van der Waals surface area contributed by atoms with Gasteiger partial charge in [0.25, 0.3) is 5.92 Å². The molecule has 3 unspecified atom stereocenters. The highest BCUT2D eigenvalue weighted by atomic mass is 32.2. The minimum absolute atomic E-state index is 0.0239. The van der Waals surface area contributed by atoms with Gasteiger partial charge >= 0.3 is 6.09 Å². The predicted octanol–water partition coefficient (Wildman–Crippen LogP) is 6.41. The highest BCUT2D eigenvalue weighted by Gasteiger charge is 2.51. The van der Waals surface area contributed by atoms with Gasteiger partial charge in [0.05, 0.1) is 28.3 Å². The van der Waals surface area contributed by atoms with Gasteiger partial charge in [-0.05, 0) is 30.9 Å². The van der Waals surface area contributed by atoms with Crippen molar-refractivity contribution in [1.29, 1.82) is 0 Å². The number of hydrogen-bond donors (Lipinski definition) is 1. The number of nitrogens with one attached hydrogen (secondary N) is 1. The van der Waals surface area contributed by atoms with Gasteiger partial charge < -0.3 is 4.74 Å². The molecule has 5 nitrogen and oxygen atoms in total. The fraction of sp³-hybridized carbons (Fsp3) is 0.464. The molecule has 1 fully saturated rings. The maximum absolute atomic E-state index is 14.8. The lowest BCUT2D eigenvalue weighted by atomic mass is 10.0. The average Bonchev–Trinajstić information content (AvgIpc) is 3.16. The maximum atomic E-state index is 14.8. The first-order valence-electron chi connectivity index (χ1n) is 12.3. The summed E-state index contributed by atoms with van der Waals surface area (Å²) in [6.45, 7) is 11.5. The summed E-state index contributed by atoms with van der Waals surface area (Å²) < 4.78 is 51.2. The molecule has 1 aliphatic rings. The van der Waals surface area contributed by atoms with E-state index in [4.69, 9.17) is 4.74 Å². The number of carbonyl (C=O) groups is 1. The van der Waals surface area contributed by atoms with Crippen molar-refractivity contribution in [3.05, 3.63) is 83.9 Å². The van der Waals surface area contributed by atoms with Crippen LogP contribution in [0.1, 0.15) is 57.7 Å². The van der Waals surface area contributed by atoms with Crippen LogP contribution < -0.4 is 4.72 Å². The summed E-state index contributed by atoms with van der Waals surface area (Å²) in [7, 11) is -1.64. The molecule has 36 heavy (non-hydrogen) atoms. The molecule has 0 heterocycles. The molecule has 1 saturated carbocycles. The van der Waals surface area contributed by atoms with Gasteiger partial charge in [0.2, 0.25) is 0 Å². The van der Waals surface area contributed by atoms with Crippen LogP contribution in [0.2, 0.25) is 0 Å². The van der Waals surface area contributed by atoms with E-state index in [2.05, 4.69) is 11.3 Å². The van der Waals surface area contributed by atoms with Crippen molar-refractivity contribution < 1.29 is 22.5 Å². The van der Waals surface area contributed by atoms with Crippen molar-refractivity contribution in [2.45, 2.75) is 76.4 Å². The second kappa shape index (κ2) is 12.1. The lowest BCUT2D eigenvalue weighted by Gasteiger charge is -2.37. The zero-order valence-electron chi connectivity index (χ0n) is 21.3. The Labute approximate surface area is 215 Å². The normalized spacial score (nSPS) is 21.5. The first kappa shape index (κ1) is 28.0. The Hall–Kier alpha value is -2.58. The lowest BCUT2D eigenvalue weighted by Crippen LogP contribution is -2.51. The van der Waals surface area contributed by atoms with E-state index in [1.807, 2.05) is 74.5 Å². The van der Waals surface area contributed by atoms with Crippen LogP contribution in [0.15, 0.2) is 72.8 Å². The summed E-state index contributed by atoms with van der Waals surface area (Å²) in [6.07, 6.45) is -1.75. The molecular weight excluding hydrogens is 482 g/mol. The van der Waals surface area contributed by atoms with Crippen molar-refractivity contribution in [2.75, 3.05) is 0 Å². The minimum Gasteiger partial charge on any atom is -0.445 e. The molecule has 5 atom stereocenters. The quantitative estimate of drug-likeness (QED) is 0.370. The van der Waals surface area contributed by atoms with Crippen molar-refractivity contribution in [2.24, 2.45) is 5.92 Å². The summed E-state index contributed by atoms with van der Waals surface area (Å²) in [5.41, 5.74) is 2.37. The Morgan fingerprint density at radius 3 is 2.25 bits per heavy atom. The molecule has 8 heteroatoms. The van der Waals surface area contributed by atoms with Crippen molar-refractivity contribution in [3.63, 3.8) is 0 Å². The third-order valence-corrected chi connectivity index (χ3v) is 8.30. The zero-order valence-corrected chi connectivity index (χ0v) is 22.1. The largest absolute Gasteiger partial charge is 0.445 e. The van der Waals surface area contributed by atoms with Crippen LogP contribution in [0.3, 0.4) is 0 Å². The molecule has 1 amide bonds. The highest BCUT2D eigenvalue weighted by Crippen LogP contribution is 2.41. The number of rotatable bonds is 10. The van der Waals surface area contributed by atoms with Crippen LogP contribution in [-0.2, 0) is 22.3 Å². The summed E-state index contributed by atoms with van der Waals surface area (Å²) >= 11 is 0. The van der Waals surface area contributed by atoms with Gasteiger partial charge in [-0.3, -0.25) is 4.90 Å². The van der Waals surface area contributed by atoms with E-state index in [0.717, 1.165) is 16.7 Å². The van der Waals surface area contributed by atoms with Gasteiger partial charge in [-0.1, -0.05) is 86.7 Å². The number of alkyl halides is 2. The molecule has 2 aromatic carbocycles. The molecule has 0 radical (unpaired) electrons. The summed E-state index contributed by atoms with van der Waals surface area (Å²) in [4.78, 5) is 14.8. The summed E-state index contributed by atoms with van der Waals surface area (Å²) in [6, 6.07) is 16.1. The third-order valence-electron chi connectivity index (χ3n) is 6.82. The van der Waals surface area contributed by atoms with Crippen molar-refractivity contribution in [3.8, 4) is 0 Å². The van der Waals surface area contributed by atoms with Gasteiger partial charge in [-0.15, -0.1) is 0 Å². The Bertz CT molecular complexity index is 1050. The minimum atomic E-state index is -3.01. The van der Waals surface area contributed by atoms with Gasteiger partial charge in [-0.2, -0.15) is 0 Å². The third kappa shape index (κ3) is 7.01. The topological polar surface area (TPSA) is 58.6 Å². The van der Waals surface area contributed by atoms with E-state index < -0.39 is 59.2 Å². The number of halogens is 2. The summed E-state index contributed by atoms with van der Waals surface area (Å²) in [5, 5.41) is -0.426. The smallest absolute Gasteiger partial charge is 0.410 e. The van der Waals surface area contributed by atoms with Gasteiger partial charge in [0, 0.05) is 18.9 Å². The van der Waals surface area contributed by atoms with Gasteiger partial charge in [-0.25, -0.2) is 22.5 Å². The summed E-state index contributed by atoms with van der Waals surface area (Å²) in [5.74, 6) is -2.91. The van der Waals surface area contributed by atoms with E-state index in [9.17, 15) is 17.8 Å². The number of ether oxygens (including phenoxy) is 1. The number of carbonyl (C=O) groups excluding carboxylic acids is 1. The molecule has 3 rings (SSSR count). The number of benzene rings is 2. The van der Waals surface area contributed by atoms with E-state index in [-0.39, 0.29) is 12.5 Å². The molecule has 0 bridgehead atoms. The van der Waals surface area contributed by atoms with E-state index >= 15 is 0 Å². The Balaban J connectivity index is 1.88. The van der Waals surface area contributed by atoms with Crippen molar-refractivity contribution in [1.82, 2.24) is 9.62 Å². The average molecular weight is 519 g/mol. The monoisotopic (exact) mass is 518 g/mol. The molecule has 0 saturated heterocycles. The first-order valence-corrected chi connectivity index (χ1v) is 13.5. The fourth-order valence-electron chi connectivity index (χ4n) is 4.53. The van der Waals surface area contributed by atoms with Gasteiger partial charge in [0.15, 0.2) is 0 Å². The van der Waals surface area contributed by atoms with Crippen LogP contribution in [0.25, 0.3) is 0 Å². The van der Waals surface area contributed by atoms with Crippen LogP contribution in [0.5, 0.6) is 0 Å². The molecule has 1 aliphatic carbocycles. The fourth-order valence-corrected chi connectivity index (χ4v) is 5.82. The molecular formula is C28H36F2N2O3S. The number of amides is 1. The molecule has 0 aromatic heterocycles. The van der Waals surface area contributed by atoms with Crippen LogP contribution >= 0.6 is 0 Å². The lowest BCUT2D eigenvalue weighted by molar-refractivity contribution is -0.00283. The Morgan fingerprint density at radius 1 is 1.08 bits per heavy atom. The standard InChI is InChI=1S/C28H36F2N2O3S/c1-19(2)20(3)22(5)36(34)31-25-16-28(29,30)17-26(25)32(21(4)24-14-10-7-11-15-24)27(33)35-18-23-12-8-6-9-13-23/h6-15,19,21-22,25-26,31H,3,16-18H2,1-2,4-5H3/t21-,22?,25+,26?,36?/m1/s1. The van der Waals surface area contributed by atoms with E-state index in [1.165, 1.54) is 4.90 Å². The molecule has 196 valence electrons. The van der Waals surface area contributed by atoms with Crippen molar-refractivity contribution >= 4 is 17.1 Å². The second-order valence-corrected chi connectivity index (χ2v) is 11.3. The van der Waals surface area contributed by atoms with E-state index in [1.54, 1.807) is 13.8 Å². The van der Waals surface area contributed by atoms with Crippen LogP contribution in [-0.4, -0.2) is 38.5 Å². The Morgan fingerprint density at radius 2 is 1.67 bits per heavy atom. The van der Waals surface area contributed by atoms with E-state index in [0.29, 0.717) is 0 Å². The predicted molar refractivity (Wildman–Crippen MR) is 140 cm³/mol. The second-order valence-electron chi connectivity index (χ2n) is 9.76. The van der Waals surface area contributed by atoms with Crippen LogP contribution in [0, 0.1) is 5.92 Å².